The van der Waals surface area contributed by atoms with Gasteiger partial charge in [0.15, 0.2) is 0 Å². The Morgan fingerprint density at radius 3 is 2.21 bits per heavy atom. The standard InChI is InChI=1S/C11H18O3/c1-9(12)7-11(5-3-4-6-11)8-10(13)14-2/h3-8H2,1-2H3. The third-order valence-corrected chi connectivity index (χ3v) is 3.04. The number of carbonyl (C=O) groups is 2. The zero-order valence-electron chi connectivity index (χ0n) is 8.97. The van der Waals surface area contributed by atoms with Gasteiger partial charge in [-0.15, -0.1) is 0 Å². The molecule has 0 saturated heterocycles. The van der Waals surface area contributed by atoms with Crippen LogP contribution < -0.4 is 0 Å². The smallest absolute Gasteiger partial charge is 0.306 e. The minimum atomic E-state index is -0.187. The Kier molecular flexibility index (Phi) is 3.67. The molecule has 0 N–H and O–H groups in total. The van der Waals surface area contributed by atoms with Crippen LogP contribution in [0.1, 0.15) is 45.4 Å². The molecular weight excluding hydrogens is 180 g/mol. The molecule has 0 amide bonds. The van der Waals surface area contributed by atoms with E-state index in [1.165, 1.54) is 7.11 Å². The number of hydrogen-bond acceptors (Lipinski definition) is 3. The van der Waals surface area contributed by atoms with Crippen molar-refractivity contribution in [1.82, 2.24) is 0 Å². The molecule has 14 heavy (non-hydrogen) atoms. The fourth-order valence-electron chi connectivity index (χ4n) is 2.45. The van der Waals surface area contributed by atoms with Crippen LogP contribution in [0.25, 0.3) is 0 Å². The normalized spacial score (nSPS) is 19.3. The summed E-state index contributed by atoms with van der Waals surface area (Å²) < 4.78 is 4.67. The Balaban J connectivity index is 2.61. The predicted octanol–water partition coefficient (Wildman–Crippen LogP) is 2.09. The van der Waals surface area contributed by atoms with E-state index in [4.69, 9.17) is 0 Å². The summed E-state index contributed by atoms with van der Waals surface area (Å²) >= 11 is 0. The molecule has 0 aromatic rings. The van der Waals surface area contributed by atoms with Crippen molar-refractivity contribution in [2.45, 2.75) is 45.4 Å². The van der Waals surface area contributed by atoms with Crippen LogP contribution in [0.15, 0.2) is 0 Å². The van der Waals surface area contributed by atoms with Gasteiger partial charge >= 0.3 is 5.97 Å². The average Bonchev–Trinajstić information content (AvgIpc) is 2.51. The SMILES string of the molecule is COC(=O)CC1(CC(C)=O)CCCC1. The van der Waals surface area contributed by atoms with Crippen LogP contribution in [0.5, 0.6) is 0 Å². The average molecular weight is 198 g/mol. The van der Waals surface area contributed by atoms with Crippen LogP contribution >= 0.6 is 0 Å². The van der Waals surface area contributed by atoms with E-state index in [0.717, 1.165) is 25.7 Å². The maximum atomic E-state index is 11.2. The molecule has 0 aromatic carbocycles. The Morgan fingerprint density at radius 1 is 1.21 bits per heavy atom. The quantitative estimate of drug-likeness (QED) is 0.650. The summed E-state index contributed by atoms with van der Waals surface area (Å²) in [6, 6.07) is 0. The van der Waals surface area contributed by atoms with Gasteiger partial charge in [0.25, 0.3) is 0 Å². The van der Waals surface area contributed by atoms with Gasteiger partial charge < -0.3 is 9.53 Å². The predicted molar refractivity (Wildman–Crippen MR) is 52.8 cm³/mol. The van der Waals surface area contributed by atoms with Crippen molar-refractivity contribution in [1.29, 1.82) is 0 Å². The molecule has 1 rings (SSSR count). The highest BCUT2D eigenvalue weighted by atomic mass is 16.5. The van der Waals surface area contributed by atoms with Crippen molar-refractivity contribution in [2.24, 2.45) is 5.41 Å². The molecule has 1 aliphatic rings. The molecule has 1 fully saturated rings. The highest BCUT2D eigenvalue weighted by Gasteiger charge is 2.37. The molecule has 3 heteroatoms. The highest BCUT2D eigenvalue weighted by molar-refractivity contribution is 5.78. The molecule has 0 spiro atoms. The van der Waals surface area contributed by atoms with Gasteiger partial charge in [-0.3, -0.25) is 4.79 Å². The zero-order chi connectivity index (χ0) is 10.6. The molecule has 0 aliphatic heterocycles. The van der Waals surface area contributed by atoms with Gasteiger partial charge in [-0.2, -0.15) is 0 Å². The first-order valence-electron chi connectivity index (χ1n) is 5.14. The van der Waals surface area contributed by atoms with E-state index in [1.807, 2.05) is 0 Å². The Hall–Kier alpha value is -0.860. The number of rotatable bonds is 4. The van der Waals surface area contributed by atoms with Gasteiger partial charge in [-0.25, -0.2) is 0 Å². The molecule has 0 radical (unpaired) electrons. The van der Waals surface area contributed by atoms with Crippen molar-refractivity contribution in [3.8, 4) is 0 Å². The third-order valence-electron chi connectivity index (χ3n) is 3.04. The summed E-state index contributed by atoms with van der Waals surface area (Å²) in [7, 11) is 1.40. The van der Waals surface area contributed by atoms with Gasteiger partial charge in [-0.1, -0.05) is 12.8 Å². The number of ether oxygens (including phenoxy) is 1. The van der Waals surface area contributed by atoms with Crippen molar-refractivity contribution in [3.63, 3.8) is 0 Å². The topological polar surface area (TPSA) is 43.4 Å². The summed E-state index contributed by atoms with van der Waals surface area (Å²) in [6.07, 6.45) is 5.17. The third kappa shape index (κ3) is 2.82. The van der Waals surface area contributed by atoms with Crippen LogP contribution in [0.2, 0.25) is 0 Å². The summed E-state index contributed by atoms with van der Waals surface area (Å²) in [4.78, 5) is 22.3. The van der Waals surface area contributed by atoms with Crippen LogP contribution in [0, 0.1) is 5.41 Å². The van der Waals surface area contributed by atoms with Crippen LogP contribution in [-0.2, 0) is 14.3 Å². The van der Waals surface area contributed by atoms with Gasteiger partial charge in [0.1, 0.15) is 5.78 Å². The van der Waals surface area contributed by atoms with E-state index in [-0.39, 0.29) is 17.2 Å². The monoisotopic (exact) mass is 198 g/mol. The maximum Gasteiger partial charge on any atom is 0.306 e. The first-order valence-corrected chi connectivity index (χ1v) is 5.14. The minimum absolute atomic E-state index is 0.0844. The van der Waals surface area contributed by atoms with E-state index in [0.29, 0.717) is 12.8 Å². The first-order chi connectivity index (χ1) is 6.58. The molecule has 0 bridgehead atoms. The number of methoxy groups -OCH3 is 1. The van der Waals surface area contributed by atoms with E-state index in [1.54, 1.807) is 6.92 Å². The molecule has 0 unspecified atom stereocenters. The number of Topliss-reactive ketones (excluding diaryl/α,β-unsaturated/α-hetero) is 1. The summed E-state index contributed by atoms with van der Waals surface area (Å²) in [5.41, 5.74) is -0.0844. The lowest BCUT2D eigenvalue weighted by molar-refractivity contribution is -0.143. The molecule has 0 aromatic heterocycles. The largest absolute Gasteiger partial charge is 0.469 e. The molecule has 3 nitrogen and oxygen atoms in total. The Morgan fingerprint density at radius 2 is 1.79 bits per heavy atom. The van der Waals surface area contributed by atoms with E-state index in [9.17, 15) is 9.59 Å². The number of hydrogen-bond donors (Lipinski definition) is 0. The van der Waals surface area contributed by atoms with Gasteiger partial charge in [0, 0.05) is 6.42 Å². The molecule has 0 heterocycles. The first kappa shape index (κ1) is 11.2. The lowest BCUT2D eigenvalue weighted by Crippen LogP contribution is -2.24. The maximum absolute atomic E-state index is 11.2. The lowest BCUT2D eigenvalue weighted by atomic mass is 9.78. The number of ketones is 1. The molecule has 0 atom stereocenters. The number of carbonyl (C=O) groups excluding carboxylic acids is 2. The van der Waals surface area contributed by atoms with Gasteiger partial charge in [0.05, 0.1) is 13.5 Å². The summed E-state index contributed by atoms with van der Waals surface area (Å²) in [5, 5.41) is 0. The summed E-state index contributed by atoms with van der Waals surface area (Å²) in [5.74, 6) is -0.0102. The Labute approximate surface area is 84.8 Å². The van der Waals surface area contributed by atoms with Crippen molar-refractivity contribution in [3.05, 3.63) is 0 Å². The van der Waals surface area contributed by atoms with E-state index < -0.39 is 0 Å². The second-order valence-corrected chi connectivity index (χ2v) is 4.34. The lowest BCUT2D eigenvalue weighted by Gasteiger charge is -2.26. The van der Waals surface area contributed by atoms with Gasteiger partial charge in [-0.05, 0) is 25.2 Å². The zero-order valence-corrected chi connectivity index (χ0v) is 8.97. The van der Waals surface area contributed by atoms with Crippen LogP contribution in [-0.4, -0.2) is 18.9 Å². The fourth-order valence-corrected chi connectivity index (χ4v) is 2.45. The Bertz CT molecular complexity index is 227. The molecule has 80 valence electrons. The highest BCUT2D eigenvalue weighted by Crippen LogP contribution is 2.44. The minimum Gasteiger partial charge on any atom is -0.469 e. The fraction of sp³-hybridized carbons (Fsp3) is 0.818. The molecular formula is C11H18O3. The molecule has 1 aliphatic carbocycles. The second kappa shape index (κ2) is 4.58. The van der Waals surface area contributed by atoms with Gasteiger partial charge in [0.2, 0.25) is 0 Å². The van der Waals surface area contributed by atoms with Crippen LogP contribution in [0.3, 0.4) is 0 Å². The van der Waals surface area contributed by atoms with Crippen LogP contribution in [0.4, 0.5) is 0 Å². The summed E-state index contributed by atoms with van der Waals surface area (Å²) in [6.45, 7) is 1.59. The van der Waals surface area contributed by atoms with Crippen molar-refractivity contribution in [2.75, 3.05) is 7.11 Å². The second-order valence-electron chi connectivity index (χ2n) is 4.34. The van der Waals surface area contributed by atoms with Crippen molar-refractivity contribution >= 4 is 11.8 Å². The molecule has 1 saturated carbocycles. The number of esters is 1. The van der Waals surface area contributed by atoms with E-state index >= 15 is 0 Å². The van der Waals surface area contributed by atoms with E-state index in [2.05, 4.69) is 4.74 Å². The van der Waals surface area contributed by atoms with Crippen molar-refractivity contribution < 1.29 is 14.3 Å².